The molecule has 78 valence electrons. The molecule has 2 rings (SSSR count). The Bertz CT molecular complexity index is 442. The van der Waals surface area contributed by atoms with Crippen molar-refractivity contribution in [2.45, 2.75) is 19.9 Å². The number of aromatic nitrogens is 3. The molecule has 4 heteroatoms. The van der Waals surface area contributed by atoms with Gasteiger partial charge >= 0.3 is 0 Å². The van der Waals surface area contributed by atoms with Crippen molar-refractivity contribution in [3.05, 3.63) is 41.9 Å². The van der Waals surface area contributed by atoms with Crippen molar-refractivity contribution in [1.82, 2.24) is 14.8 Å². The molecule has 0 bridgehead atoms. The summed E-state index contributed by atoms with van der Waals surface area (Å²) in [6, 6.07) is 3.92. The molecule has 0 saturated heterocycles. The number of aryl methyl sites for hydroxylation is 1. The molecule has 0 aliphatic heterocycles. The zero-order valence-electron chi connectivity index (χ0n) is 8.88. The van der Waals surface area contributed by atoms with Crippen molar-refractivity contribution >= 4 is 0 Å². The van der Waals surface area contributed by atoms with E-state index >= 15 is 0 Å². The van der Waals surface area contributed by atoms with Crippen LogP contribution in [0.5, 0.6) is 0 Å². The largest absolute Gasteiger partial charge is 0.324 e. The topological polar surface area (TPSA) is 56.7 Å². The molecule has 0 amide bonds. The van der Waals surface area contributed by atoms with Gasteiger partial charge in [0.05, 0.1) is 6.20 Å². The third-order valence-electron chi connectivity index (χ3n) is 2.24. The Balaban J connectivity index is 2.31. The van der Waals surface area contributed by atoms with Crippen molar-refractivity contribution < 1.29 is 0 Å². The number of nitrogens with zero attached hydrogens (tertiary/aromatic N) is 3. The number of pyridine rings is 1. The summed E-state index contributed by atoms with van der Waals surface area (Å²) in [6.45, 7) is 3.94. The molecule has 0 fully saturated rings. The van der Waals surface area contributed by atoms with Gasteiger partial charge in [-0.1, -0.05) is 6.07 Å². The smallest absolute Gasteiger partial charge is 0.153 e. The van der Waals surface area contributed by atoms with Crippen molar-refractivity contribution in [1.29, 1.82) is 0 Å². The quantitative estimate of drug-likeness (QED) is 0.804. The van der Waals surface area contributed by atoms with Crippen molar-refractivity contribution in [2.24, 2.45) is 5.73 Å². The van der Waals surface area contributed by atoms with E-state index in [-0.39, 0.29) is 6.04 Å². The third-order valence-corrected chi connectivity index (χ3v) is 2.24. The third kappa shape index (κ3) is 2.05. The highest BCUT2D eigenvalue weighted by atomic mass is 15.3. The lowest BCUT2D eigenvalue weighted by Crippen LogP contribution is -2.06. The Kier molecular flexibility index (Phi) is 2.51. The Morgan fingerprint density at radius 2 is 2.13 bits per heavy atom. The van der Waals surface area contributed by atoms with E-state index in [1.54, 1.807) is 17.1 Å². The van der Waals surface area contributed by atoms with Crippen LogP contribution in [0.15, 0.2) is 30.7 Å². The Hall–Kier alpha value is -1.68. The number of rotatable bonds is 2. The lowest BCUT2D eigenvalue weighted by molar-refractivity contribution is 0.797. The number of hydrogen-bond donors (Lipinski definition) is 1. The van der Waals surface area contributed by atoms with Gasteiger partial charge in [0.2, 0.25) is 0 Å². The second kappa shape index (κ2) is 3.82. The molecule has 2 aromatic rings. The maximum absolute atomic E-state index is 5.74. The zero-order valence-corrected chi connectivity index (χ0v) is 8.88. The molecule has 1 atom stereocenters. The summed E-state index contributed by atoms with van der Waals surface area (Å²) in [7, 11) is 0. The van der Waals surface area contributed by atoms with Crippen LogP contribution in [0.25, 0.3) is 5.82 Å². The first kappa shape index (κ1) is 9.86. The molecule has 4 nitrogen and oxygen atoms in total. The highest BCUT2D eigenvalue weighted by Gasteiger charge is 2.02. The maximum Gasteiger partial charge on any atom is 0.153 e. The normalized spacial score (nSPS) is 12.7. The van der Waals surface area contributed by atoms with Crippen molar-refractivity contribution in [3.8, 4) is 5.82 Å². The molecule has 2 N–H and O–H groups in total. The minimum atomic E-state index is 0.0194. The zero-order chi connectivity index (χ0) is 10.8. The van der Waals surface area contributed by atoms with Crippen LogP contribution >= 0.6 is 0 Å². The van der Waals surface area contributed by atoms with Gasteiger partial charge < -0.3 is 5.73 Å². The van der Waals surface area contributed by atoms with Gasteiger partial charge in [-0.3, -0.25) is 0 Å². The van der Waals surface area contributed by atoms with Gasteiger partial charge in [0.25, 0.3) is 0 Å². The summed E-state index contributed by atoms with van der Waals surface area (Å²) in [5, 5.41) is 4.18. The fraction of sp³-hybridized carbons (Fsp3) is 0.273. The molecule has 0 radical (unpaired) electrons. The molecule has 0 saturated carbocycles. The van der Waals surface area contributed by atoms with E-state index in [0.717, 1.165) is 16.9 Å². The van der Waals surface area contributed by atoms with E-state index in [1.165, 1.54) is 0 Å². The molecule has 0 unspecified atom stereocenters. The maximum atomic E-state index is 5.74. The highest BCUT2D eigenvalue weighted by molar-refractivity contribution is 5.26. The first-order valence-electron chi connectivity index (χ1n) is 4.90. The molecule has 0 spiro atoms. The lowest BCUT2D eigenvalue weighted by atomic mass is 10.2. The van der Waals surface area contributed by atoms with E-state index in [0.29, 0.717) is 0 Å². The fourth-order valence-electron chi connectivity index (χ4n) is 1.34. The molecule has 15 heavy (non-hydrogen) atoms. The van der Waals surface area contributed by atoms with Crippen LogP contribution in [-0.2, 0) is 0 Å². The predicted molar refractivity (Wildman–Crippen MR) is 58.7 cm³/mol. The average Bonchev–Trinajstić information content (AvgIpc) is 2.65. The minimum absolute atomic E-state index is 0.0194. The van der Waals surface area contributed by atoms with Gasteiger partial charge in [0, 0.05) is 18.4 Å². The van der Waals surface area contributed by atoms with E-state index in [9.17, 15) is 0 Å². The fourth-order valence-corrected chi connectivity index (χ4v) is 1.34. The standard InChI is InChI=1S/C11H14N4/c1-8-5-14-15(7-8)11-4-3-10(6-13-11)9(2)12/h3-7,9H,12H2,1-2H3/t9-/m0/s1. The molecule has 0 aromatic carbocycles. The molecular formula is C11H14N4. The Labute approximate surface area is 88.8 Å². The molecule has 2 aromatic heterocycles. The average molecular weight is 202 g/mol. The van der Waals surface area contributed by atoms with E-state index in [2.05, 4.69) is 10.1 Å². The number of hydrogen-bond acceptors (Lipinski definition) is 3. The summed E-state index contributed by atoms with van der Waals surface area (Å²) in [5.74, 6) is 0.813. The molecule has 0 aliphatic carbocycles. The van der Waals surface area contributed by atoms with Gasteiger partial charge in [-0.25, -0.2) is 9.67 Å². The van der Waals surface area contributed by atoms with Gasteiger partial charge in [-0.2, -0.15) is 5.10 Å². The van der Waals surface area contributed by atoms with E-state index in [4.69, 9.17) is 5.73 Å². The van der Waals surface area contributed by atoms with Gasteiger partial charge in [0.15, 0.2) is 5.82 Å². The second-order valence-corrected chi connectivity index (χ2v) is 3.70. The molecule has 0 aliphatic rings. The Morgan fingerprint density at radius 1 is 1.33 bits per heavy atom. The summed E-state index contributed by atoms with van der Waals surface area (Å²) in [6.07, 6.45) is 5.53. The van der Waals surface area contributed by atoms with Crippen LogP contribution in [-0.4, -0.2) is 14.8 Å². The van der Waals surface area contributed by atoms with Crippen LogP contribution < -0.4 is 5.73 Å². The van der Waals surface area contributed by atoms with Crippen LogP contribution in [0, 0.1) is 6.92 Å². The van der Waals surface area contributed by atoms with E-state index < -0.39 is 0 Å². The summed E-state index contributed by atoms with van der Waals surface area (Å²) in [5.41, 5.74) is 7.89. The summed E-state index contributed by atoms with van der Waals surface area (Å²) < 4.78 is 1.75. The monoisotopic (exact) mass is 202 g/mol. The van der Waals surface area contributed by atoms with Gasteiger partial charge in [-0.05, 0) is 31.0 Å². The Morgan fingerprint density at radius 3 is 2.60 bits per heavy atom. The second-order valence-electron chi connectivity index (χ2n) is 3.70. The summed E-state index contributed by atoms with van der Waals surface area (Å²) >= 11 is 0. The minimum Gasteiger partial charge on any atom is -0.324 e. The SMILES string of the molecule is Cc1cnn(-c2ccc([C@H](C)N)cn2)c1. The van der Waals surface area contributed by atoms with Crippen LogP contribution in [0.4, 0.5) is 0 Å². The first-order valence-corrected chi connectivity index (χ1v) is 4.90. The van der Waals surface area contributed by atoms with Crippen LogP contribution in [0.2, 0.25) is 0 Å². The highest BCUT2D eigenvalue weighted by Crippen LogP contribution is 2.10. The van der Waals surface area contributed by atoms with E-state index in [1.807, 2.05) is 32.2 Å². The molecular weight excluding hydrogens is 188 g/mol. The van der Waals surface area contributed by atoms with Crippen molar-refractivity contribution in [2.75, 3.05) is 0 Å². The van der Waals surface area contributed by atoms with Crippen LogP contribution in [0.1, 0.15) is 24.1 Å². The van der Waals surface area contributed by atoms with Crippen molar-refractivity contribution in [3.63, 3.8) is 0 Å². The predicted octanol–water partition coefficient (Wildman–Crippen LogP) is 1.60. The first-order chi connectivity index (χ1) is 7.16. The summed E-state index contributed by atoms with van der Waals surface area (Å²) in [4.78, 5) is 4.30. The van der Waals surface area contributed by atoms with Crippen LogP contribution in [0.3, 0.4) is 0 Å². The van der Waals surface area contributed by atoms with Gasteiger partial charge in [0.1, 0.15) is 0 Å². The van der Waals surface area contributed by atoms with Gasteiger partial charge in [-0.15, -0.1) is 0 Å². The number of nitrogens with two attached hydrogens (primary N) is 1. The lowest BCUT2D eigenvalue weighted by Gasteiger charge is -2.05. The molecule has 2 heterocycles.